The van der Waals surface area contributed by atoms with E-state index in [-0.39, 0.29) is 0 Å². The quantitative estimate of drug-likeness (QED) is 0.815. The van der Waals surface area contributed by atoms with E-state index < -0.39 is 0 Å². The van der Waals surface area contributed by atoms with Crippen molar-refractivity contribution in [1.82, 2.24) is 14.8 Å². The summed E-state index contributed by atoms with van der Waals surface area (Å²) in [5, 5.41) is 0. The van der Waals surface area contributed by atoms with Gasteiger partial charge in [-0.25, -0.2) is 0 Å². The van der Waals surface area contributed by atoms with Crippen molar-refractivity contribution < 1.29 is 0 Å². The Morgan fingerprint density at radius 1 is 1.04 bits per heavy atom. The van der Waals surface area contributed by atoms with Gasteiger partial charge in [-0.2, -0.15) is 0 Å². The van der Waals surface area contributed by atoms with Crippen molar-refractivity contribution in [2.45, 2.75) is 25.9 Å². The topological polar surface area (TPSA) is 19.4 Å². The van der Waals surface area contributed by atoms with E-state index in [4.69, 9.17) is 0 Å². The molecule has 1 aliphatic heterocycles. The Labute approximate surface area is 140 Å². The molecule has 1 aromatic heterocycles. The molecule has 0 saturated carbocycles. The Morgan fingerprint density at radius 2 is 1.78 bits per heavy atom. The van der Waals surface area contributed by atoms with Gasteiger partial charge in [-0.3, -0.25) is 9.88 Å². The molecule has 2 aromatic rings. The number of aromatic nitrogens is 1. The van der Waals surface area contributed by atoms with Crippen LogP contribution in [-0.4, -0.2) is 41.5 Å². The third kappa shape index (κ3) is 5.15. The molecule has 0 N–H and O–H groups in total. The lowest BCUT2D eigenvalue weighted by Crippen LogP contribution is -2.37. The molecule has 0 amide bonds. The maximum Gasteiger partial charge on any atom is 0.0312 e. The highest BCUT2D eigenvalue weighted by Gasteiger charge is 2.20. The van der Waals surface area contributed by atoms with E-state index in [1.165, 1.54) is 43.6 Å². The smallest absolute Gasteiger partial charge is 0.0312 e. The standard InChI is InChI=1S/C20H27N3/c1-22(15-18-6-3-2-4-7-18)16-19-9-12-23(13-10-19)17-20-8-5-11-21-14-20/h2-8,11,14,19H,9-10,12-13,15-17H2,1H3. The average Bonchev–Trinajstić information content (AvgIpc) is 2.58. The van der Waals surface area contributed by atoms with E-state index in [1.807, 2.05) is 18.5 Å². The lowest BCUT2D eigenvalue weighted by atomic mass is 9.96. The van der Waals surface area contributed by atoms with E-state index in [0.29, 0.717) is 0 Å². The summed E-state index contributed by atoms with van der Waals surface area (Å²) in [4.78, 5) is 9.24. The second-order valence-electron chi connectivity index (χ2n) is 6.76. The molecule has 23 heavy (non-hydrogen) atoms. The predicted molar refractivity (Wildman–Crippen MR) is 95.0 cm³/mol. The molecule has 0 bridgehead atoms. The van der Waals surface area contributed by atoms with Gasteiger partial charge in [0, 0.05) is 32.0 Å². The van der Waals surface area contributed by atoms with Crippen LogP contribution >= 0.6 is 0 Å². The fourth-order valence-electron chi connectivity index (χ4n) is 3.48. The first-order valence-electron chi connectivity index (χ1n) is 8.63. The second-order valence-corrected chi connectivity index (χ2v) is 6.76. The van der Waals surface area contributed by atoms with Crippen molar-refractivity contribution in [3.8, 4) is 0 Å². The molecular weight excluding hydrogens is 282 g/mol. The molecule has 1 fully saturated rings. The number of benzene rings is 1. The fourth-order valence-corrected chi connectivity index (χ4v) is 3.48. The average molecular weight is 309 g/mol. The van der Waals surface area contributed by atoms with Gasteiger partial charge >= 0.3 is 0 Å². The molecule has 3 heteroatoms. The van der Waals surface area contributed by atoms with Gasteiger partial charge in [-0.05, 0) is 56.1 Å². The summed E-state index contributed by atoms with van der Waals surface area (Å²) < 4.78 is 0. The maximum atomic E-state index is 4.21. The first-order chi connectivity index (χ1) is 11.3. The predicted octanol–water partition coefficient (Wildman–Crippen LogP) is 3.43. The van der Waals surface area contributed by atoms with Crippen LogP contribution in [0.2, 0.25) is 0 Å². The minimum atomic E-state index is 0.828. The molecule has 2 heterocycles. The molecule has 1 aromatic carbocycles. The van der Waals surface area contributed by atoms with Crippen LogP contribution in [0.1, 0.15) is 24.0 Å². The largest absolute Gasteiger partial charge is 0.302 e. The maximum absolute atomic E-state index is 4.21. The second kappa shape index (κ2) is 8.23. The van der Waals surface area contributed by atoms with Crippen LogP contribution in [0.4, 0.5) is 0 Å². The summed E-state index contributed by atoms with van der Waals surface area (Å²) in [7, 11) is 2.25. The van der Waals surface area contributed by atoms with Crippen molar-refractivity contribution in [1.29, 1.82) is 0 Å². The Hall–Kier alpha value is -1.71. The van der Waals surface area contributed by atoms with E-state index >= 15 is 0 Å². The first-order valence-corrected chi connectivity index (χ1v) is 8.63. The molecule has 122 valence electrons. The van der Waals surface area contributed by atoms with Crippen LogP contribution < -0.4 is 0 Å². The third-order valence-electron chi connectivity index (χ3n) is 4.70. The number of piperidine rings is 1. The summed E-state index contributed by atoms with van der Waals surface area (Å²) >= 11 is 0. The van der Waals surface area contributed by atoms with Crippen LogP contribution in [0.15, 0.2) is 54.9 Å². The number of hydrogen-bond acceptors (Lipinski definition) is 3. The van der Waals surface area contributed by atoms with Crippen LogP contribution in [0, 0.1) is 5.92 Å². The Kier molecular flexibility index (Phi) is 5.78. The van der Waals surface area contributed by atoms with Crippen LogP contribution in [-0.2, 0) is 13.1 Å². The molecule has 1 saturated heterocycles. The highest BCUT2D eigenvalue weighted by atomic mass is 15.1. The summed E-state index contributed by atoms with van der Waals surface area (Å²) in [5.74, 6) is 0.828. The number of likely N-dealkylation sites (tertiary alicyclic amines) is 1. The molecule has 3 rings (SSSR count). The number of hydrogen-bond donors (Lipinski definition) is 0. The van der Waals surface area contributed by atoms with Crippen LogP contribution in [0.3, 0.4) is 0 Å². The third-order valence-corrected chi connectivity index (χ3v) is 4.70. The molecule has 0 atom stereocenters. The van der Waals surface area contributed by atoms with Crippen molar-refractivity contribution in [2.75, 3.05) is 26.7 Å². The Morgan fingerprint density at radius 3 is 2.48 bits per heavy atom. The van der Waals surface area contributed by atoms with Crippen LogP contribution in [0.5, 0.6) is 0 Å². The van der Waals surface area contributed by atoms with Gasteiger partial charge in [0.05, 0.1) is 0 Å². The van der Waals surface area contributed by atoms with Crippen molar-refractivity contribution in [3.63, 3.8) is 0 Å². The lowest BCUT2D eigenvalue weighted by molar-refractivity contribution is 0.147. The van der Waals surface area contributed by atoms with E-state index in [9.17, 15) is 0 Å². The summed E-state index contributed by atoms with van der Waals surface area (Å²) in [5.41, 5.74) is 2.73. The zero-order chi connectivity index (χ0) is 15.9. The number of pyridine rings is 1. The van der Waals surface area contributed by atoms with Crippen molar-refractivity contribution in [2.24, 2.45) is 5.92 Å². The molecule has 3 nitrogen and oxygen atoms in total. The monoisotopic (exact) mass is 309 g/mol. The van der Waals surface area contributed by atoms with Gasteiger partial charge in [-0.15, -0.1) is 0 Å². The lowest BCUT2D eigenvalue weighted by Gasteiger charge is -2.34. The van der Waals surface area contributed by atoms with Crippen molar-refractivity contribution >= 4 is 0 Å². The summed E-state index contributed by atoms with van der Waals surface area (Å²) in [6, 6.07) is 15.0. The number of nitrogens with zero attached hydrogens (tertiary/aromatic N) is 3. The molecule has 1 aliphatic rings. The van der Waals surface area contributed by atoms with Gasteiger partial charge in [0.25, 0.3) is 0 Å². The van der Waals surface area contributed by atoms with E-state index in [2.05, 4.69) is 58.2 Å². The van der Waals surface area contributed by atoms with E-state index in [1.54, 1.807) is 0 Å². The minimum absolute atomic E-state index is 0.828. The molecule has 0 spiro atoms. The minimum Gasteiger partial charge on any atom is -0.302 e. The van der Waals surface area contributed by atoms with E-state index in [0.717, 1.165) is 19.0 Å². The molecule has 0 unspecified atom stereocenters. The van der Waals surface area contributed by atoms with Gasteiger partial charge < -0.3 is 4.90 Å². The SMILES string of the molecule is CN(Cc1ccccc1)CC1CCN(Cc2cccnc2)CC1. The normalized spacial score (nSPS) is 16.8. The highest BCUT2D eigenvalue weighted by Crippen LogP contribution is 2.20. The van der Waals surface area contributed by atoms with Gasteiger partial charge in [0.2, 0.25) is 0 Å². The highest BCUT2D eigenvalue weighted by molar-refractivity contribution is 5.14. The zero-order valence-electron chi connectivity index (χ0n) is 14.1. The molecular formula is C20H27N3. The number of rotatable bonds is 6. The first kappa shape index (κ1) is 16.2. The fraction of sp³-hybridized carbons (Fsp3) is 0.450. The molecule has 0 radical (unpaired) electrons. The Bertz CT molecular complexity index is 562. The van der Waals surface area contributed by atoms with Gasteiger partial charge in [-0.1, -0.05) is 36.4 Å². The Balaban J connectivity index is 1.40. The summed E-state index contributed by atoms with van der Waals surface area (Å²) in [6.45, 7) is 5.71. The summed E-state index contributed by atoms with van der Waals surface area (Å²) in [6.07, 6.45) is 6.44. The molecule has 0 aliphatic carbocycles. The van der Waals surface area contributed by atoms with Gasteiger partial charge in [0.15, 0.2) is 0 Å². The van der Waals surface area contributed by atoms with Crippen molar-refractivity contribution in [3.05, 3.63) is 66.0 Å². The zero-order valence-corrected chi connectivity index (χ0v) is 14.1. The van der Waals surface area contributed by atoms with Gasteiger partial charge in [0.1, 0.15) is 0 Å². The van der Waals surface area contributed by atoms with Crippen LogP contribution in [0.25, 0.3) is 0 Å².